The second-order valence-electron chi connectivity index (χ2n) is 4.79. The number of hydrogen-bond acceptors (Lipinski definition) is 1. The molecule has 1 aromatic rings. The molecule has 0 amide bonds. The first-order valence-electron chi connectivity index (χ1n) is 5.09. The van der Waals surface area contributed by atoms with Gasteiger partial charge in [-0.2, -0.15) is 0 Å². The maximum atomic E-state index is 5.79. The molecule has 0 fully saturated rings. The van der Waals surface area contributed by atoms with Crippen LogP contribution in [0.5, 0.6) is 0 Å². The van der Waals surface area contributed by atoms with Crippen molar-refractivity contribution in [3.8, 4) is 0 Å². The van der Waals surface area contributed by atoms with Crippen LogP contribution in [-0.4, -0.2) is 0 Å². The first-order chi connectivity index (χ1) is 6.50. The largest absolute Gasteiger partial charge is 0.399 e. The molecule has 0 heterocycles. The van der Waals surface area contributed by atoms with Gasteiger partial charge in [0.1, 0.15) is 0 Å². The highest BCUT2D eigenvalue weighted by Gasteiger charge is 2.28. The van der Waals surface area contributed by atoms with Gasteiger partial charge in [0.05, 0.1) is 0 Å². The molecular formula is C13H17N. The van der Waals surface area contributed by atoms with Crippen LogP contribution in [0, 0.1) is 0 Å². The molecule has 1 nitrogen and oxygen atoms in total. The number of hydrogen-bond donors (Lipinski definition) is 1. The van der Waals surface area contributed by atoms with Crippen LogP contribution in [0.25, 0.3) is 5.57 Å². The molecule has 2 N–H and O–H groups in total. The van der Waals surface area contributed by atoms with Gasteiger partial charge in [-0.25, -0.2) is 0 Å². The van der Waals surface area contributed by atoms with Gasteiger partial charge in [0.15, 0.2) is 0 Å². The van der Waals surface area contributed by atoms with Gasteiger partial charge in [0.25, 0.3) is 0 Å². The van der Waals surface area contributed by atoms with Crippen molar-refractivity contribution in [3.05, 3.63) is 35.9 Å². The summed E-state index contributed by atoms with van der Waals surface area (Å²) in [6, 6.07) is 6.19. The number of anilines is 1. The fourth-order valence-electron chi connectivity index (χ4n) is 2.18. The molecular weight excluding hydrogens is 170 g/mol. The molecule has 1 heteroatoms. The van der Waals surface area contributed by atoms with Crippen LogP contribution in [0.4, 0.5) is 5.69 Å². The summed E-state index contributed by atoms with van der Waals surface area (Å²) in [6.07, 6.45) is 2.27. The Labute approximate surface area is 85.6 Å². The number of benzene rings is 1. The zero-order chi connectivity index (χ0) is 10.3. The van der Waals surface area contributed by atoms with Gasteiger partial charge in [0, 0.05) is 5.69 Å². The Bertz CT molecular complexity index is 388. The van der Waals surface area contributed by atoms with Gasteiger partial charge < -0.3 is 5.73 Å². The highest BCUT2D eigenvalue weighted by atomic mass is 14.5. The molecule has 0 atom stereocenters. The van der Waals surface area contributed by atoms with E-state index in [0.717, 1.165) is 12.1 Å². The maximum Gasteiger partial charge on any atom is 0.0320 e. The third kappa shape index (κ3) is 1.33. The van der Waals surface area contributed by atoms with Crippen LogP contribution in [-0.2, 0) is 5.41 Å². The molecule has 14 heavy (non-hydrogen) atoms. The lowest BCUT2D eigenvalue weighted by Gasteiger charge is -2.33. The molecule has 0 spiro atoms. The minimum absolute atomic E-state index is 0.268. The zero-order valence-electron chi connectivity index (χ0n) is 8.93. The molecule has 0 radical (unpaired) electrons. The molecule has 1 aliphatic rings. The summed E-state index contributed by atoms with van der Waals surface area (Å²) < 4.78 is 0. The van der Waals surface area contributed by atoms with Crippen molar-refractivity contribution in [2.75, 3.05) is 5.73 Å². The average Bonchev–Trinajstić information content (AvgIpc) is 2.12. The molecule has 0 saturated carbocycles. The fourth-order valence-corrected chi connectivity index (χ4v) is 2.18. The Kier molecular flexibility index (Phi) is 1.91. The normalized spacial score (nSPS) is 19.1. The van der Waals surface area contributed by atoms with Crippen LogP contribution in [0.1, 0.15) is 37.8 Å². The molecule has 0 aromatic heterocycles. The first-order valence-corrected chi connectivity index (χ1v) is 5.09. The van der Waals surface area contributed by atoms with Crippen LogP contribution < -0.4 is 5.73 Å². The summed E-state index contributed by atoms with van der Waals surface area (Å²) in [5.74, 6) is 0. The van der Waals surface area contributed by atoms with Gasteiger partial charge in [0.2, 0.25) is 0 Å². The van der Waals surface area contributed by atoms with E-state index in [-0.39, 0.29) is 5.41 Å². The molecule has 0 unspecified atom stereocenters. The molecule has 0 aliphatic heterocycles. The Hall–Kier alpha value is -1.24. The van der Waals surface area contributed by atoms with Gasteiger partial charge in [-0.05, 0) is 47.1 Å². The predicted molar refractivity (Wildman–Crippen MR) is 62.1 cm³/mol. The number of nitrogen functional groups attached to an aromatic ring is 1. The minimum Gasteiger partial charge on any atom is -0.399 e. The second kappa shape index (κ2) is 2.88. The number of allylic oxidation sites excluding steroid dienone is 1. The Morgan fingerprint density at radius 1 is 1.36 bits per heavy atom. The zero-order valence-corrected chi connectivity index (χ0v) is 8.93. The fraction of sp³-hybridized carbons (Fsp3) is 0.385. The molecule has 1 aliphatic carbocycles. The molecule has 0 saturated heterocycles. The van der Waals surface area contributed by atoms with Crippen LogP contribution in [0.2, 0.25) is 0 Å². The lowest BCUT2D eigenvalue weighted by atomic mass is 9.71. The van der Waals surface area contributed by atoms with Crippen LogP contribution >= 0.6 is 0 Å². The SMILES string of the molecule is C=C1CCC(C)(C)c2ccc(N)cc21. The summed E-state index contributed by atoms with van der Waals surface area (Å²) in [7, 11) is 0. The van der Waals surface area contributed by atoms with Crippen molar-refractivity contribution in [1.29, 1.82) is 0 Å². The molecule has 2 rings (SSSR count). The number of fused-ring (bicyclic) bond motifs is 1. The second-order valence-corrected chi connectivity index (χ2v) is 4.79. The molecule has 74 valence electrons. The summed E-state index contributed by atoms with van der Waals surface area (Å²) >= 11 is 0. The summed E-state index contributed by atoms with van der Waals surface area (Å²) in [6.45, 7) is 8.68. The summed E-state index contributed by atoms with van der Waals surface area (Å²) in [5.41, 5.74) is 10.8. The van der Waals surface area contributed by atoms with Crippen LogP contribution in [0.15, 0.2) is 24.8 Å². The predicted octanol–water partition coefficient (Wildman–Crippen LogP) is 3.35. The van der Waals surface area contributed by atoms with Gasteiger partial charge in [-0.3, -0.25) is 0 Å². The molecule has 1 aromatic carbocycles. The van der Waals surface area contributed by atoms with E-state index in [4.69, 9.17) is 5.73 Å². The van der Waals surface area contributed by atoms with Crippen molar-refractivity contribution in [1.82, 2.24) is 0 Å². The van der Waals surface area contributed by atoms with Gasteiger partial charge in [-0.15, -0.1) is 0 Å². The van der Waals surface area contributed by atoms with Crippen molar-refractivity contribution in [2.24, 2.45) is 0 Å². The van der Waals surface area contributed by atoms with E-state index in [1.165, 1.54) is 23.1 Å². The third-order valence-electron chi connectivity index (χ3n) is 3.21. The van der Waals surface area contributed by atoms with E-state index in [2.05, 4.69) is 32.6 Å². The Balaban J connectivity index is 2.63. The van der Waals surface area contributed by atoms with Crippen molar-refractivity contribution >= 4 is 11.3 Å². The van der Waals surface area contributed by atoms with E-state index in [0.29, 0.717) is 0 Å². The summed E-state index contributed by atoms with van der Waals surface area (Å²) in [5, 5.41) is 0. The van der Waals surface area contributed by atoms with E-state index >= 15 is 0 Å². The maximum absolute atomic E-state index is 5.79. The quantitative estimate of drug-likeness (QED) is 0.619. The van der Waals surface area contributed by atoms with Crippen LogP contribution in [0.3, 0.4) is 0 Å². The highest BCUT2D eigenvalue weighted by Crippen LogP contribution is 2.41. The van der Waals surface area contributed by atoms with E-state index in [1.54, 1.807) is 0 Å². The third-order valence-corrected chi connectivity index (χ3v) is 3.21. The highest BCUT2D eigenvalue weighted by molar-refractivity contribution is 5.72. The lowest BCUT2D eigenvalue weighted by Crippen LogP contribution is -2.23. The molecule has 0 bridgehead atoms. The summed E-state index contributed by atoms with van der Waals surface area (Å²) in [4.78, 5) is 0. The van der Waals surface area contributed by atoms with Crippen molar-refractivity contribution in [3.63, 3.8) is 0 Å². The number of rotatable bonds is 0. The minimum atomic E-state index is 0.268. The standard InChI is InChI=1S/C13H17N/c1-9-6-7-13(2,3)12-5-4-10(14)8-11(9)12/h4-5,8H,1,6-7,14H2,2-3H3. The smallest absolute Gasteiger partial charge is 0.0320 e. The Morgan fingerprint density at radius 3 is 2.79 bits per heavy atom. The Morgan fingerprint density at radius 2 is 2.07 bits per heavy atom. The number of nitrogens with two attached hydrogens (primary N) is 1. The van der Waals surface area contributed by atoms with Crippen molar-refractivity contribution in [2.45, 2.75) is 32.1 Å². The van der Waals surface area contributed by atoms with E-state index in [9.17, 15) is 0 Å². The van der Waals surface area contributed by atoms with E-state index < -0.39 is 0 Å². The lowest BCUT2D eigenvalue weighted by molar-refractivity contribution is 0.475. The topological polar surface area (TPSA) is 26.0 Å². The van der Waals surface area contributed by atoms with Crippen molar-refractivity contribution < 1.29 is 0 Å². The monoisotopic (exact) mass is 187 g/mol. The van der Waals surface area contributed by atoms with Gasteiger partial charge >= 0.3 is 0 Å². The first kappa shape index (κ1) is 9.32. The van der Waals surface area contributed by atoms with E-state index in [1.807, 2.05) is 6.07 Å². The average molecular weight is 187 g/mol. The van der Waals surface area contributed by atoms with Gasteiger partial charge in [-0.1, -0.05) is 26.5 Å².